The van der Waals surface area contributed by atoms with Crippen LogP contribution >= 0.6 is 15.9 Å². The number of halogens is 1. The fourth-order valence-corrected chi connectivity index (χ4v) is 3.20. The smallest absolute Gasteiger partial charge is 0.237 e. The molecule has 2 rings (SSSR count). The zero-order valence-corrected chi connectivity index (χ0v) is 14.7. The molecular weight excluding hydrogens is 348 g/mol. The highest BCUT2D eigenvalue weighted by Crippen LogP contribution is 2.38. The van der Waals surface area contributed by atoms with Gasteiger partial charge in [-0.15, -0.1) is 0 Å². The van der Waals surface area contributed by atoms with Gasteiger partial charge >= 0.3 is 0 Å². The van der Waals surface area contributed by atoms with Gasteiger partial charge in [0.1, 0.15) is 5.75 Å². The van der Waals surface area contributed by atoms with Crippen LogP contribution in [0.3, 0.4) is 0 Å². The molecular formula is C16H23BrN2O3. The number of methoxy groups -OCH3 is 2. The van der Waals surface area contributed by atoms with Crippen molar-refractivity contribution < 1.29 is 14.3 Å². The Balaban J connectivity index is 2.07. The van der Waals surface area contributed by atoms with E-state index in [4.69, 9.17) is 9.47 Å². The Morgan fingerprint density at radius 2 is 2.27 bits per heavy atom. The molecule has 1 heterocycles. The average molecular weight is 371 g/mol. The topological polar surface area (TPSA) is 50.8 Å². The second kappa shape index (κ2) is 8.50. The molecule has 1 aliphatic rings. The van der Waals surface area contributed by atoms with Crippen LogP contribution in [0.25, 0.3) is 0 Å². The molecule has 0 bridgehead atoms. The molecule has 1 aromatic rings. The maximum absolute atomic E-state index is 12.4. The van der Waals surface area contributed by atoms with Gasteiger partial charge in [-0.05, 0) is 31.0 Å². The Morgan fingerprint density at radius 1 is 1.45 bits per heavy atom. The minimum Gasteiger partial charge on any atom is -0.496 e. The average Bonchev–Trinajstić information content (AvgIpc) is 3.00. The van der Waals surface area contributed by atoms with Crippen LogP contribution in [0.4, 0.5) is 0 Å². The van der Waals surface area contributed by atoms with Crippen LogP contribution in [0.1, 0.15) is 24.4 Å². The van der Waals surface area contributed by atoms with Gasteiger partial charge in [-0.2, -0.15) is 0 Å². The molecule has 22 heavy (non-hydrogen) atoms. The number of nitrogens with one attached hydrogen (secondary N) is 1. The summed E-state index contributed by atoms with van der Waals surface area (Å²) >= 11 is 3.50. The molecule has 1 N–H and O–H groups in total. The molecule has 0 spiro atoms. The molecule has 1 unspecified atom stereocenters. The highest BCUT2D eigenvalue weighted by Gasteiger charge is 2.31. The summed E-state index contributed by atoms with van der Waals surface area (Å²) in [5, 5.41) is 3.12. The van der Waals surface area contributed by atoms with Crippen LogP contribution in [0.2, 0.25) is 0 Å². The highest BCUT2D eigenvalue weighted by molar-refractivity contribution is 9.10. The van der Waals surface area contributed by atoms with E-state index in [2.05, 4.69) is 21.2 Å². The Hall–Kier alpha value is -1.11. The van der Waals surface area contributed by atoms with Crippen molar-refractivity contribution in [3.8, 4) is 5.75 Å². The first-order valence-electron chi connectivity index (χ1n) is 7.50. The third kappa shape index (κ3) is 4.21. The molecule has 5 nitrogen and oxygen atoms in total. The summed E-state index contributed by atoms with van der Waals surface area (Å²) in [7, 11) is 3.32. The number of likely N-dealkylation sites (tertiary alicyclic amines) is 1. The summed E-state index contributed by atoms with van der Waals surface area (Å²) in [6.07, 6.45) is 1.99. The van der Waals surface area contributed by atoms with Gasteiger partial charge in [0.05, 0.1) is 26.3 Å². The van der Waals surface area contributed by atoms with Gasteiger partial charge in [-0.25, -0.2) is 0 Å². The molecule has 1 saturated heterocycles. The Morgan fingerprint density at radius 3 is 3.00 bits per heavy atom. The van der Waals surface area contributed by atoms with E-state index in [0.29, 0.717) is 19.7 Å². The van der Waals surface area contributed by atoms with Gasteiger partial charge in [0.15, 0.2) is 0 Å². The van der Waals surface area contributed by atoms with Crippen LogP contribution in [0, 0.1) is 0 Å². The van der Waals surface area contributed by atoms with E-state index in [9.17, 15) is 4.79 Å². The molecule has 0 radical (unpaired) electrons. The SMILES string of the molecule is COCCNCC(=O)N1CCCC1c1cc(Br)ccc1OC. The molecule has 1 aliphatic heterocycles. The van der Waals surface area contributed by atoms with Crippen molar-refractivity contribution in [1.82, 2.24) is 10.2 Å². The third-order valence-corrected chi connectivity index (χ3v) is 4.38. The number of amides is 1. The Labute approximate surface area is 140 Å². The molecule has 0 aliphatic carbocycles. The number of carbonyl (C=O) groups excluding carboxylic acids is 1. The molecule has 122 valence electrons. The Bertz CT molecular complexity index is 510. The first kappa shape index (κ1) is 17.2. The van der Waals surface area contributed by atoms with Crippen molar-refractivity contribution in [3.63, 3.8) is 0 Å². The van der Waals surface area contributed by atoms with Crippen LogP contribution in [-0.2, 0) is 9.53 Å². The summed E-state index contributed by atoms with van der Waals surface area (Å²) < 4.78 is 11.4. The fraction of sp³-hybridized carbons (Fsp3) is 0.562. The molecule has 6 heteroatoms. The lowest BCUT2D eigenvalue weighted by molar-refractivity contribution is -0.131. The van der Waals surface area contributed by atoms with Gasteiger partial charge in [0, 0.05) is 30.2 Å². The normalized spacial score (nSPS) is 17.8. The molecule has 1 fully saturated rings. The predicted octanol–water partition coefficient (Wildman–Crippen LogP) is 2.36. The maximum Gasteiger partial charge on any atom is 0.237 e. The molecule has 1 atom stereocenters. The fourth-order valence-electron chi connectivity index (χ4n) is 2.83. The number of rotatable bonds is 7. The number of ether oxygens (including phenoxy) is 2. The van der Waals surface area contributed by atoms with Crippen molar-refractivity contribution in [2.75, 3.05) is 40.5 Å². The predicted molar refractivity (Wildman–Crippen MR) is 89.1 cm³/mol. The number of hydrogen-bond acceptors (Lipinski definition) is 4. The second-order valence-electron chi connectivity index (χ2n) is 5.30. The molecule has 0 saturated carbocycles. The lowest BCUT2D eigenvalue weighted by atomic mass is 10.0. The molecule has 1 amide bonds. The molecule has 1 aromatic carbocycles. The highest BCUT2D eigenvalue weighted by atomic mass is 79.9. The van der Waals surface area contributed by atoms with Crippen molar-refractivity contribution in [1.29, 1.82) is 0 Å². The summed E-state index contributed by atoms with van der Waals surface area (Å²) in [6.45, 7) is 2.43. The summed E-state index contributed by atoms with van der Waals surface area (Å²) in [6, 6.07) is 6.03. The zero-order valence-electron chi connectivity index (χ0n) is 13.1. The van der Waals surface area contributed by atoms with E-state index in [1.807, 2.05) is 23.1 Å². The maximum atomic E-state index is 12.4. The van der Waals surface area contributed by atoms with Gasteiger partial charge in [0.25, 0.3) is 0 Å². The van der Waals surface area contributed by atoms with E-state index in [1.54, 1.807) is 14.2 Å². The van der Waals surface area contributed by atoms with E-state index in [0.717, 1.165) is 35.2 Å². The van der Waals surface area contributed by atoms with Crippen LogP contribution in [-0.4, -0.2) is 51.3 Å². The monoisotopic (exact) mass is 370 g/mol. The van der Waals surface area contributed by atoms with Gasteiger partial charge in [-0.3, -0.25) is 4.79 Å². The number of hydrogen-bond donors (Lipinski definition) is 1. The zero-order chi connectivity index (χ0) is 15.9. The summed E-state index contributed by atoms with van der Waals surface area (Å²) in [5.41, 5.74) is 1.07. The van der Waals surface area contributed by atoms with Crippen LogP contribution in [0.5, 0.6) is 5.75 Å². The van der Waals surface area contributed by atoms with Crippen LogP contribution in [0.15, 0.2) is 22.7 Å². The van der Waals surface area contributed by atoms with Gasteiger partial charge < -0.3 is 19.7 Å². The number of benzene rings is 1. The second-order valence-corrected chi connectivity index (χ2v) is 6.22. The van der Waals surface area contributed by atoms with Crippen molar-refractivity contribution in [2.24, 2.45) is 0 Å². The first-order chi connectivity index (χ1) is 10.7. The van der Waals surface area contributed by atoms with E-state index in [-0.39, 0.29) is 11.9 Å². The van der Waals surface area contributed by atoms with Gasteiger partial charge in [0.2, 0.25) is 5.91 Å². The van der Waals surface area contributed by atoms with E-state index >= 15 is 0 Å². The minimum atomic E-state index is 0.0872. The quantitative estimate of drug-likeness (QED) is 0.748. The van der Waals surface area contributed by atoms with Gasteiger partial charge in [-0.1, -0.05) is 15.9 Å². The number of nitrogens with zero attached hydrogens (tertiary/aromatic N) is 1. The van der Waals surface area contributed by atoms with Crippen molar-refractivity contribution in [3.05, 3.63) is 28.2 Å². The van der Waals surface area contributed by atoms with Crippen molar-refractivity contribution in [2.45, 2.75) is 18.9 Å². The van der Waals surface area contributed by atoms with E-state index < -0.39 is 0 Å². The van der Waals surface area contributed by atoms with Crippen LogP contribution < -0.4 is 10.1 Å². The van der Waals surface area contributed by atoms with E-state index in [1.165, 1.54) is 0 Å². The third-order valence-electron chi connectivity index (χ3n) is 3.88. The summed E-state index contributed by atoms with van der Waals surface area (Å²) in [5.74, 6) is 0.959. The minimum absolute atomic E-state index is 0.0872. The number of carbonyl (C=O) groups is 1. The Kier molecular flexibility index (Phi) is 6.67. The lowest BCUT2D eigenvalue weighted by Crippen LogP contribution is -2.38. The first-order valence-corrected chi connectivity index (χ1v) is 8.29. The standard InChI is InChI=1S/C16H23BrN2O3/c1-21-9-7-18-11-16(20)19-8-3-4-14(19)13-10-12(17)5-6-15(13)22-2/h5-6,10,14,18H,3-4,7-9,11H2,1-2H3. The largest absolute Gasteiger partial charge is 0.496 e. The molecule has 0 aromatic heterocycles. The lowest BCUT2D eigenvalue weighted by Gasteiger charge is -2.26. The summed E-state index contributed by atoms with van der Waals surface area (Å²) in [4.78, 5) is 14.4. The van der Waals surface area contributed by atoms with Crippen molar-refractivity contribution >= 4 is 21.8 Å².